The highest BCUT2D eigenvalue weighted by atomic mass is 79.9. The number of halogens is 1. The van der Waals surface area contributed by atoms with Crippen molar-refractivity contribution in [2.75, 3.05) is 11.9 Å². The van der Waals surface area contributed by atoms with Gasteiger partial charge in [0.05, 0.1) is 5.69 Å². The molecule has 0 atom stereocenters. The Morgan fingerprint density at radius 1 is 1.59 bits per heavy atom. The highest BCUT2D eigenvalue weighted by molar-refractivity contribution is 9.09. The number of carbonyl (C=O) groups excluding carboxylic acids is 1. The average Bonchev–Trinajstić information content (AvgIpc) is 2.66. The van der Waals surface area contributed by atoms with Gasteiger partial charge < -0.3 is 4.90 Å². The van der Waals surface area contributed by atoms with Gasteiger partial charge in [-0.1, -0.05) is 22.9 Å². The van der Waals surface area contributed by atoms with E-state index in [-0.39, 0.29) is 11.9 Å². The van der Waals surface area contributed by atoms with E-state index in [1.54, 1.807) is 4.68 Å². The minimum Gasteiger partial charge on any atom is -0.334 e. The first-order chi connectivity index (χ1) is 8.01. The Bertz CT molecular complexity index is 387. The fourth-order valence-corrected chi connectivity index (χ4v) is 2.11. The maximum Gasteiger partial charge on any atom is 0.272 e. The molecule has 0 aliphatic heterocycles. The van der Waals surface area contributed by atoms with Crippen LogP contribution in [0.1, 0.15) is 37.0 Å². The lowest BCUT2D eigenvalue weighted by Crippen LogP contribution is -2.39. The van der Waals surface area contributed by atoms with Crippen molar-refractivity contribution in [3.05, 3.63) is 17.5 Å². The monoisotopic (exact) mass is 301 g/mol. The quantitative estimate of drug-likeness (QED) is 0.782. The Kier molecular flexibility index (Phi) is 5.18. The van der Waals surface area contributed by atoms with E-state index >= 15 is 0 Å². The standard InChI is InChI=1S/C12H20BrN3O/c1-5-10-8-11(15(4)14-10)12(17)16(7-6-13)9(2)3/h8-9H,5-7H2,1-4H3. The molecule has 0 radical (unpaired) electrons. The minimum absolute atomic E-state index is 0.0501. The van der Waals surface area contributed by atoms with E-state index in [2.05, 4.69) is 21.0 Å². The van der Waals surface area contributed by atoms with E-state index in [1.807, 2.05) is 38.8 Å². The summed E-state index contributed by atoms with van der Waals surface area (Å²) in [6, 6.07) is 2.08. The lowest BCUT2D eigenvalue weighted by Gasteiger charge is -2.25. The van der Waals surface area contributed by atoms with Crippen LogP contribution in [0.3, 0.4) is 0 Å². The number of alkyl halides is 1. The van der Waals surface area contributed by atoms with E-state index < -0.39 is 0 Å². The van der Waals surface area contributed by atoms with Gasteiger partial charge in [-0.05, 0) is 26.3 Å². The Morgan fingerprint density at radius 2 is 2.24 bits per heavy atom. The Balaban J connectivity index is 2.96. The van der Waals surface area contributed by atoms with Gasteiger partial charge in [-0.2, -0.15) is 5.10 Å². The van der Waals surface area contributed by atoms with Crippen molar-refractivity contribution in [1.82, 2.24) is 14.7 Å². The molecule has 1 heterocycles. The molecule has 1 aromatic heterocycles. The summed E-state index contributed by atoms with van der Waals surface area (Å²) in [4.78, 5) is 14.2. The van der Waals surface area contributed by atoms with Gasteiger partial charge in [-0.15, -0.1) is 0 Å². The third kappa shape index (κ3) is 3.31. The van der Waals surface area contributed by atoms with E-state index in [4.69, 9.17) is 0 Å². The molecule has 96 valence electrons. The van der Waals surface area contributed by atoms with Gasteiger partial charge in [0.25, 0.3) is 5.91 Å². The number of rotatable bonds is 5. The zero-order valence-electron chi connectivity index (χ0n) is 10.9. The molecule has 0 saturated heterocycles. The van der Waals surface area contributed by atoms with Crippen LogP contribution in [0.25, 0.3) is 0 Å². The summed E-state index contributed by atoms with van der Waals surface area (Å²) in [5.41, 5.74) is 1.62. The van der Waals surface area contributed by atoms with Crippen molar-refractivity contribution in [3.63, 3.8) is 0 Å². The summed E-state index contributed by atoms with van der Waals surface area (Å²) < 4.78 is 1.67. The molecule has 0 spiro atoms. The van der Waals surface area contributed by atoms with Gasteiger partial charge in [0.15, 0.2) is 0 Å². The second-order valence-corrected chi connectivity index (χ2v) is 5.07. The molecule has 1 amide bonds. The molecule has 1 aromatic rings. The van der Waals surface area contributed by atoms with Gasteiger partial charge in [0, 0.05) is 25.0 Å². The summed E-state index contributed by atoms with van der Waals surface area (Å²) in [5, 5.41) is 5.10. The van der Waals surface area contributed by atoms with E-state index in [0.717, 1.165) is 17.4 Å². The highest BCUT2D eigenvalue weighted by Crippen LogP contribution is 2.10. The largest absolute Gasteiger partial charge is 0.334 e. The zero-order chi connectivity index (χ0) is 13.0. The van der Waals surface area contributed by atoms with Crippen LogP contribution in [0.2, 0.25) is 0 Å². The normalized spacial score (nSPS) is 10.9. The smallest absolute Gasteiger partial charge is 0.272 e. The lowest BCUT2D eigenvalue weighted by atomic mass is 10.2. The predicted molar refractivity (Wildman–Crippen MR) is 72.6 cm³/mol. The zero-order valence-corrected chi connectivity index (χ0v) is 12.5. The number of aryl methyl sites for hydroxylation is 2. The molecule has 0 fully saturated rings. The number of amides is 1. The Morgan fingerprint density at radius 3 is 2.65 bits per heavy atom. The van der Waals surface area contributed by atoms with E-state index in [0.29, 0.717) is 12.2 Å². The molecule has 0 unspecified atom stereocenters. The van der Waals surface area contributed by atoms with Crippen molar-refractivity contribution >= 4 is 21.8 Å². The molecule has 0 aromatic carbocycles. The van der Waals surface area contributed by atoms with Crippen LogP contribution >= 0.6 is 15.9 Å². The van der Waals surface area contributed by atoms with Crippen molar-refractivity contribution in [2.24, 2.45) is 7.05 Å². The van der Waals surface area contributed by atoms with E-state index in [1.165, 1.54) is 0 Å². The second-order valence-electron chi connectivity index (χ2n) is 4.28. The fourth-order valence-electron chi connectivity index (χ4n) is 1.73. The first-order valence-corrected chi connectivity index (χ1v) is 7.03. The summed E-state index contributed by atoms with van der Waals surface area (Å²) >= 11 is 3.38. The van der Waals surface area contributed by atoms with Crippen molar-refractivity contribution in [2.45, 2.75) is 33.2 Å². The van der Waals surface area contributed by atoms with Crippen LogP contribution in [-0.2, 0) is 13.5 Å². The van der Waals surface area contributed by atoms with Crippen molar-refractivity contribution < 1.29 is 4.79 Å². The molecule has 17 heavy (non-hydrogen) atoms. The predicted octanol–water partition coefficient (Wildman–Crippen LogP) is 2.23. The maximum absolute atomic E-state index is 12.4. The second kappa shape index (κ2) is 6.19. The topological polar surface area (TPSA) is 38.1 Å². The number of aromatic nitrogens is 2. The highest BCUT2D eigenvalue weighted by Gasteiger charge is 2.21. The van der Waals surface area contributed by atoms with Gasteiger partial charge in [-0.3, -0.25) is 9.48 Å². The van der Waals surface area contributed by atoms with Crippen LogP contribution in [0.5, 0.6) is 0 Å². The number of hydrogen-bond donors (Lipinski definition) is 0. The third-order valence-electron chi connectivity index (χ3n) is 2.72. The minimum atomic E-state index is 0.0501. The summed E-state index contributed by atoms with van der Waals surface area (Å²) in [7, 11) is 1.82. The molecule has 0 aliphatic carbocycles. The number of nitrogens with zero attached hydrogens (tertiary/aromatic N) is 3. The number of carbonyl (C=O) groups is 1. The first kappa shape index (κ1) is 14.2. The van der Waals surface area contributed by atoms with Crippen LogP contribution in [0.15, 0.2) is 6.07 Å². The molecular formula is C12H20BrN3O. The number of hydrogen-bond acceptors (Lipinski definition) is 2. The van der Waals surface area contributed by atoms with Crippen molar-refractivity contribution in [1.29, 1.82) is 0 Å². The molecule has 0 bridgehead atoms. The van der Waals surface area contributed by atoms with Crippen LogP contribution in [-0.4, -0.2) is 38.5 Å². The summed E-state index contributed by atoms with van der Waals surface area (Å²) in [6.45, 7) is 6.80. The molecule has 5 heteroatoms. The van der Waals surface area contributed by atoms with E-state index in [9.17, 15) is 4.79 Å². The Hall–Kier alpha value is -0.840. The van der Waals surface area contributed by atoms with Crippen LogP contribution < -0.4 is 0 Å². The molecule has 0 aliphatic rings. The first-order valence-electron chi connectivity index (χ1n) is 5.91. The fraction of sp³-hybridized carbons (Fsp3) is 0.667. The maximum atomic E-state index is 12.4. The molecule has 0 saturated carbocycles. The van der Waals surface area contributed by atoms with Gasteiger partial charge in [-0.25, -0.2) is 0 Å². The SMILES string of the molecule is CCc1cc(C(=O)N(CCBr)C(C)C)n(C)n1. The average molecular weight is 302 g/mol. The van der Waals surface area contributed by atoms with Gasteiger partial charge >= 0.3 is 0 Å². The van der Waals surface area contributed by atoms with Crippen molar-refractivity contribution in [3.8, 4) is 0 Å². The molecule has 4 nitrogen and oxygen atoms in total. The van der Waals surface area contributed by atoms with Crippen LogP contribution in [0, 0.1) is 0 Å². The van der Waals surface area contributed by atoms with Gasteiger partial charge in [0.1, 0.15) is 5.69 Å². The molecule has 0 N–H and O–H groups in total. The Labute approximate surface area is 111 Å². The summed E-state index contributed by atoms with van der Waals surface area (Å²) in [6.07, 6.45) is 0.848. The van der Waals surface area contributed by atoms with Gasteiger partial charge in [0.2, 0.25) is 0 Å². The lowest BCUT2D eigenvalue weighted by molar-refractivity contribution is 0.0708. The molecular weight excluding hydrogens is 282 g/mol. The third-order valence-corrected chi connectivity index (χ3v) is 3.08. The van der Waals surface area contributed by atoms with Crippen LogP contribution in [0.4, 0.5) is 0 Å². The summed E-state index contributed by atoms with van der Waals surface area (Å²) in [5.74, 6) is 0.0501. The molecule has 1 rings (SSSR count).